The van der Waals surface area contributed by atoms with Gasteiger partial charge in [0.25, 0.3) is 0 Å². The van der Waals surface area contributed by atoms with Crippen LogP contribution in [0.5, 0.6) is 5.75 Å². The number of alkyl halides is 5. The van der Waals surface area contributed by atoms with Crippen LogP contribution < -0.4 is 4.74 Å². The minimum absolute atomic E-state index is 0.274. The van der Waals surface area contributed by atoms with Crippen LogP contribution in [-0.4, -0.2) is 54.2 Å². The van der Waals surface area contributed by atoms with Gasteiger partial charge in [0.1, 0.15) is 11.4 Å². The Hall–Kier alpha value is -2.36. The molecule has 2 unspecified atom stereocenters. The van der Waals surface area contributed by atoms with Crippen molar-refractivity contribution in [3.8, 4) is 5.75 Å². The molecule has 2 atom stereocenters. The molecule has 0 spiro atoms. The molecule has 10 heteroatoms. The van der Waals surface area contributed by atoms with E-state index in [9.17, 15) is 26.7 Å². The molecule has 1 aromatic rings. The molecular weight excluding hydrogens is 413 g/mol. The molecular formula is C20H22F5NO4. The van der Waals surface area contributed by atoms with Gasteiger partial charge < -0.3 is 14.2 Å². The lowest BCUT2D eigenvalue weighted by atomic mass is 9.90. The zero-order valence-electron chi connectivity index (χ0n) is 16.6. The molecule has 1 saturated heterocycles. The van der Waals surface area contributed by atoms with Crippen molar-refractivity contribution < 1.29 is 41.0 Å². The van der Waals surface area contributed by atoms with E-state index in [4.69, 9.17) is 9.47 Å². The predicted octanol–water partition coefficient (Wildman–Crippen LogP) is 5.01. The molecule has 0 radical (unpaired) electrons. The Morgan fingerprint density at radius 1 is 1.07 bits per heavy atom. The minimum atomic E-state index is -5.81. The van der Waals surface area contributed by atoms with E-state index in [-0.39, 0.29) is 18.7 Å². The maximum Gasteiger partial charge on any atom is 0.499 e. The zero-order valence-corrected chi connectivity index (χ0v) is 16.6. The molecule has 0 aromatic heterocycles. The number of benzene rings is 1. The topological polar surface area (TPSA) is 48.0 Å². The van der Waals surface area contributed by atoms with Crippen LogP contribution in [0.25, 0.3) is 5.57 Å². The summed E-state index contributed by atoms with van der Waals surface area (Å²) >= 11 is 0. The van der Waals surface area contributed by atoms with Crippen molar-refractivity contribution in [3.05, 3.63) is 35.9 Å². The van der Waals surface area contributed by atoms with E-state index >= 15 is 0 Å². The summed E-state index contributed by atoms with van der Waals surface area (Å²) in [5.74, 6) is -0.601. The predicted molar refractivity (Wildman–Crippen MR) is 97.1 cm³/mol. The Kier molecular flexibility index (Phi) is 5.74. The van der Waals surface area contributed by atoms with Crippen LogP contribution >= 0.6 is 0 Å². The Bertz CT molecular complexity index is 814. The first-order valence-electron chi connectivity index (χ1n) is 9.30. The maximum absolute atomic E-state index is 13.0. The summed E-state index contributed by atoms with van der Waals surface area (Å²) in [6, 6.07) is 4.29. The second-order valence-electron chi connectivity index (χ2n) is 8.18. The first kappa shape index (κ1) is 22.3. The van der Waals surface area contributed by atoms with Crippen molar-refractivity contribution in [1.29, 1.82) is 0 Å². The number of carbonyl (C=O) groups excluding carboxylic acids is 1. The van der Waals surface area contributed by atoms with Gasteiger partial charge in [0.05, 0.1) is 25.3 Å². The third kappa shape index (κ3) is 4.85. The van der Waals surface area contributed by atoms with E-state index in [0.29, 0.717) is 18.6 Å². The number of halogens is 5. The molecule has 0 aliphatic carbocycles. The van der Waals surface area contributed by atoms with Crippen molar-refractivity contribution in [1.82, 2.24) is 4.90 Å². The normalized spacial score (nSPS) is 22.4. The fourth-order valence-corrected chi connectivity index (χ4v) is 3.35. The van der Waals surface area contributed by atoms with Crippen LogP contribution in [0.1, 0.15) is 32.8 Å². The molecule has 3 rings (SSSR count). The number of hydrogen-bond acceptors (Lipinski definition) is 4. The van der Waals surface area contributed by atoms with Crippen molar-refractivity contribution in [2.75, 3.05) is 13.2 Å². The molecule has 0 N–H and O–H groups in total. The Morgan fingerprint density at radius 2 is 1.70 bits per heavy atom. The van der Waals surface area contributed by atoms with E-state index in [0.717, 1.165) is 17.7 Å². The third-order valence-electron chi connectivity index (χ3n) is 4.60. The fourth-order valence-electron chi connectivity index (χ4n) is 3.35. The molecule has 2 bridgehead atoms. The number of amides is 1. The monoisotopic (exact) mass is 435 g/mol. The first-order valence-corrected chi connectivity index (χ1v) is 9.30. The van der Waals surface area contributed by atoms with E-state index in [1.54, 1.807) is 25.7 Å². The SMILES string of the molecule is CC(C)(C)OC(=O)N1C2C=C(c3ccc(OC(F)(F)C(F)(F)F)cc3)CC1COC2. The third-order valence-corrected chi connectivity index (χ3v) is 4.60. The van der Waals surface area contributed by atoms with E-state index < -0.39 is 29.7 Å². The van der Waals surface area contributed by atoms with Gasteiger partial charge in [0.2, 0.25) is 0 Å². The lowest BCUT2D eigenvalue weighted by molar-refractivity contribution is -0.360. The summed E-state index contributed by atoms with van der Waals surface area (Å²) in [6.07, 6.45) is -9.29. The van der Waals surface area contributed by atoms with Crippen LogP contribution in [0.15, 0.2) is 30.3 Å². The summed E-state index contributed by atoms with van der Waals surface area (Å²) in [7, 11) is 0. The molecule has 2 aliphatic rings. The van der Waals surface area contributed by atoms with Gasteiger partial charge in [-0.15, -0.1) is 0 Å². The number of rotatable bonds is 3. The Labute approximate surface area is 170 Å². The number of ether oxygens (including phenoxy) is 3. The van der Waals surface area contributed by atoms with Crippen LogP contribution in [0, 0.1) is 0 Å². The van der Waals surface area contributed by atoms with Gasteiger partial charge in [-0.05, 0) is 50.5 Å². The highest BCUT2D eigenvalue weighted by molar-refractivity contribution is 5.75. The van der Waals surface area contributed by atoms with Crippen molar-refractivity contribution in [2.45, 2.75) is 57.2 Å². The number of carbonyl (C=O) groups is 1. The second-order valence-corrected chi connectivity index (χ2v) is 8.18. The van der Waals surface area contributed by atoms with Gasteiger partial charge >= 0.3 is 18.4 Å². The van der Waals surface area contributed by atoms with Gasteiger partial charge in [0.15, 0.2) is 0 Å². The highest BCUT2D eigenvalue weighted by Gasteiger charge is 2.61. The molecule has 1 fully saturated rings. The largest absolute Gasteiger partial charge is 0.499 e. The highest BCUT2D eigenvalue weighted by atomic mass is 19.4. The Balaban J connectivity index is 1.77. The molecule has 166 valence electrons. The maximum atomic E-state index is 13.0. The van der Waals surface area contributed by atoms with Crippen molar-refractivity contribution >= 4 is 11.7 Å². The van der Waals surface area contributed by atoms with E-state index in [2.05, 4.69) is 4.74 Å². The van der Waals surface area contributed by atoms with E-state index in [1.165, 1.54) is 12.1 Å². The minimum Gasteiger partial charge on any atom is -0.444 e. The number of fused-ring (bicyclic) bond motifs is 2. The Morgan fingerprint density at radius 3 is 2.23 bits per heavy atom. The molecule has 2 aliphatic heterocycles. The average molecular weight is 435 g/mol. The van der Waals surface area contributed by atoms with Crippen LogP contribution in [-0.2, 0) is 9.47 Å². The zero-order chi connectivity index (χ0) is 22.3. The summed E-state index contributed by atoms with van der Waals surface area (Å²) in [6.45, 7) is 5.90. The van der Waals surface area contributed by atoms with Gasteiger partial charge in [0, 0.05) is 0 Å². The quantitative estimate of drug-likeness (QED) is 0.627. The van der Waals surface area contributed by atoms with Crippen LogP contribution in [0.3, 0.4) is 0 Å². The lowest BCUT2D eigenvalue weighted by Gasteiger charge is -2.44. The van der Waals surface area contributed by atoms with E-state index in [1.807, 2.05) is 6.08 Å². The second kappa shape index (κ2) is 7.72. The summed E-state index contributed by atoms with van der Waals surface area (Å²) in [5.41, 5.74) is 0.825. The number of hydrogen-bond donors (Lipinski definition) is 0. The molecule has 0 saturated carbocycles. The molecule has 30 heavy (non-hydrogen) atoms. The number of morpholine rings is 1. The van der Waals surface area contributed by atoms with Crippen molar-refractivity contribution in [3.63, 3.8) is 0 Å². The van der Waals surface area contributed by atoms with Gasteiger partial charge in [-0.25, -0.2) is 4.79 Å². The summed E-state index contributed by atoms with van der Waals surface area (Å²) in [4.78, 5) is 14.2. The average Bonchev–Trinajstić information content (AvgIpc) is 2.58. The van der Waals surface area contributed by atoms with Crippen LogP contribution in [0.4, 0.5) is 26.7 Å². The fraction of sp³-hybridized carbons (Fsp3) is 0.550. The van der Waals surface area contributed by atoms with Gasteiger partial charge in [-0.3, -0.25) is 4.90 Å². The van der Waals surface area contributed by atoms with Crippen molar-refractivity contribution in [2.24, 2.45) is 0 Å². The molecule has 1 aromatic carbocycles. The molecule has 5 nitrogen and oxygen atoms in total. The highest BCUT2D eigenvalue weighted by Crippen LogP contribution is 2.38. The van der Waals surface area contributed by atoms with Gasteiger partial charge in [-0.2, -0.15) is 22.0 Å². The first-order chi connectivity index (χ1) is 13.8. The smallest absolute Gasteiger partial charge is 0.444 e. The summed E-state index contributed by atoms with van der Waals surface area (Å²) in [5, 5.41) is 0. The van der Waals surface area contributed by atoms with Gasteiger partial charge in [-0.1, -0.05) is 18.2 Å². The molecule has 1 amide bonds. The lowest BCUT2D eigenvalue weighted by Crippen LogP contribution is -2.57. The number of nitrogens with zero attached hydrogens (tertiary/aromatic N) is 1. The standard InChI is InChI=1S/C20H22F5NO4/c1-18(2,3)30-17(27)26-14-8-13(9-15(26)11-28-10-14)12-4-6-16(7-5-12)29-20(24,25)19(21,22)23/h4-8,14-15H,9-11H2,1-3H3. The van der Waals surface area contributed by atoms with Crippen LogP contribution in [0.2, 0.25) is 0 Å². The molecule has 2 heterocycles. The summed E-state index contributed by atoms with van der Waals surface area (Å²) < 4.78 is 77.8.